The van der Waals surface area contributed by atoms with Gasteiger partial charge in [0.2, 0.25) is 0 Å². The number of anilines is 1. The molecule has 1 saturated heterocycles. The van der Waals surface area contributed by atoms with Crippen molar-refractivity contribution in [1.82, 2.24) is 14.7 Å². The number of likely N-dealkylation sites (tertiary alicyclic amines) is 1. The van der Waals surface area contributed by atoms with E-state index in [9.17, 15) is 9.59 Å². The highest BCUT2D eigenvalue weighted by molar-refractivity contribution is 5.97. The summed E-state index contributed by atoms with van der Waals surface area (Å²) in [6, 6.07) is -0.127. The van der Waals surface area contributed by atoms with Gasteiger partial charge in [-0.25, -0.2) is 0 Å². The lowest BCUT2D eigenvalue weighted by molar-refractivity contribution is -0.142. The van der Waals surface area contributed by atoms with Crippen molar-refractivity contribution in [2.24, 2.45) is 0 Å². The molecule has 7 heteroatoms. The van der Waals surface area contributed by atoms with Crippen LogP contribution in [0.2, 0.25) is 0 Å². The first kappa shape index (κ1) is 15.3. The van der Waals surface area contributed by atoms with Crippen molar-refractivity contribution in [3.05, 3.63) is 11.9 Å². The highest BCUT2D eigenvalue weighted by atomic mass is 16.5. The van der Waals surface area contributed by atoms with Gasteiger partial charge < -0.3 is 15.4 Å². The first-order valence-corrected chi connectivity index (χ1v) is 7.27. The van der Waals surface area contributed by atoms with Crippen LogP contribution in [-0.2, 0) is 16.1 Å². The number of carbonyl (C=O) groups is 2. The van der Waals surface area contributed by atoms with Gasteiger partial charge in [-0.3, -0.25) is 14.3 Å². The van der Waals surface area contributed by atoms with Crippen LogP contribution in [0.15, 0.2) is 6.20 Å². The lowest BCUT2D eigenvalue weighted by atomic mass is 9.99. The fourth-order valence-electron chi connectivity index (χ4n) is 2.77. The summed E-state index contributed by atoms with van der Waals surface area (Å²) in [7, 11) is 1.36. The number of amides is 1. The summed E-state index contributed by atoms with van der Waals surface area (Å²) in [4.78, 5) is 26.0. The molecule has 1 atom stereocenters. The highest BCUT2D eigenvalue weighted by Crippen LogP contribution is 2.24. The van der Waals surface area contributed by atoms with Crippen molar-refractivity contribution in [3.8, 4) is 0 Å². The first-order chi connectivity index (χ1) is 10.1. The monoisotopic (exact) mass is 294 g/mol. The van der Waals surface area contributed by atoms with Gasteiger partial charge in [0, 0.05) is 19.1 Å². The topological polar surface area (TPSA) is 90.5 Å². The number of nitrogens with two attached hydrogens (primary N) is 1. The first-order valence-electron chi connectivity index (χ1n) is 7.27. The van der Waals surface area contributed by atoms with Crippen molar-refractivity contribution in [2.45, 2.75) is 45.2 Å². The Morgan fingerprint density at radius 1 is 1.48 bits per heavy atom. The Labute approximate surface area is 124 Å². The van der Waals surface area contributed by atoms with E-state index in [2.05, 4.69) is 5.10 Å². The van der Waals surface area contributed by atoms with Gasteiger partial charge in [-0.15, -0.1) is 0 Å². The van der Waals surface area contributed by atoms with Crippen LogP contribution in [-0.4, -0.2) is 46.3 Å². The minimum Gasteiger partial charge on any atom is -0.469 e. The van der Waals surface area contributed by atoms with Crippen molar-refractivity contribution < 1.29 is 14.3 Å². The van der Waals surface area contributed by atoms with Gasteiger partial charge in [-0.2, -0.15) is 5.10 Å². The molecule has 7 nitrogen and oxygen atoms in total. The molecule has 0 aromatic carbocycles. The van der Waals surface area contributed by atoms with Crippen LogP contribution in [0, 0.1) is 0 Å². The normalized spacial score (nSPS) is 18.6. The minimum atomic E-state index is -0.295. The maximum atomic E-state index is 12.8. The maximum absolute atomic E-state index is 12.8. The van der Waals surface area contributed by atoms with Gasteiger partial charge in [0.05, 0.1) is 25.4 Å². The molecule has 0 bridgehead atoms. The third-order valence-corrected chi connectivity index (χ3v) is 3.89. The molecule has 0 radical (unpaired) electrons. The Hall–Kier alpha value is -2.05. The molecule has 0 spiro atoms. The molecule has 1 amide bonds. The molecule has 1 fully saturated rings. The Bertz CT molecular complexity index is 526. The van der Waals surface area contributed by atoms with E-state index in [1.165, 1.54) is 13.3 Å². The second-order valence-electron chi connectivity index (χ2n) is 5.19. The number of hydrogen-bond acceptors (Lipinski definition) is 5. The summed E-state index contributed by atoms with van der Waals surface area (Å²) in [5.74, 6) is -0.447. The van der Waals surface area contributed by atoms with E-state index in [1.54, 1.807) is 9.58 Å². The van der Waals surface area contributed by atoms with Crippen LogP contribution in [0.25, 0.3) is 0 Å². The molecule has 1 unspecified atom stereocenters. The fraction of sp³-hybridized carbons (Fsp3) is 0.643. The quantitative estimate of drug-likeness (QED) is 0.838. The van der Waals surface area contributed by atoms with Gasteiger partial charge in [0.25, 0.3) is 5.91 Å². The zero-order chi connectivity index (χ0) is 15.4. The van der Waals surface area contributed by atoms with E-state index in [1.807, 2.05) is 6.92 Å². The largest absolute Gasteiger partial charge is 0.469 e. The van der Waals surface area contributed by atoms with Crippen molar-refractivity contribution in [2.75, 3.05) is 19.4 Å². The van der Waals surface area contributed by atoms with Crippen LogP contribution in [0.3, 0.4) is 0 Å². The van der Waals surface area contributed by atoms with Crippen molar-refractivity contribution in [3.63, 3.8) is 0 Å². The third kappa shape index (κ3) is 3.17. The molecule has 21 heavy (non-hydrogen) atoms. The lowest BCUT2D eigenvalue weighted by Crippen LogP contribution is -2.45. The number of aromatic nitrogens is 2. The van der Waals surface area contributed by atoms with Crippen molar-refractivity contribution >= 4 is 17.6 Å². The molecule has 1 aromatic heterocycles. The summed E-state index contributed by atoms with van der Waals surface area (Å²) in [5, 5.41) is 4.10. The SMILES string of the molecule is CCn1ncc(N)c1C(=O)N1CCCCC1CC(=O)OC. The van der Waals surface area contributed by atoms with Gasteiger partial charge in [-0.05, 0) is 26.2 Å². The Balaban J connectivity index is 2.22. The molecule has 2 heterocycles. The number of methoxy groups -OCH3 is 1. The molecule has 1 aliphatic rings. The molecule has 2 rings (SSSR count). The molecular weight excluding hydrogens is 272 g/mol. The minimum absolute atomic E-state index is 0.127. The fourth-order valence-corrected chi connectivity index (χ4v) is 2.77. The predicted molar refractivity (Wildman–Crippen MR) is 77.6 cm³/mol. The molecule has 116 valence electrons. The lowest BCUT2D eigenvalue weighted by Gasteiger charge is -2.35. The number of nitrogens with zero attached hydrogens (tertiary/aromatic N) is 3. The molecule has 1 aromatic rings. The van der Waals surface area contributed by atoms with Gasteiger partial charge in [0.1, 0.15) is 5.69 Å². The van der Waals surface area contributed by atoms with Crippen LogP contribution >= 0.6 is 0 Å². The molecule has 2 N–H and O–H groups in total. The summed E-state index contributed by atoms with van der Waals surface area (Å²) >= 11 is 0. The van der Waals surface area contributed by atoms with E-state index < -0.39 is 0 Å². The Kier molecular flexibility index (Phi) is 4.82. The molecule has 0 aliphatic carbocycles. The van der Waals surface area contributed by atoms with E-state index in [-0.39, 0.29) is 24.3 Å². The van der Waals surface area contributed by atoms with Crippen LogP contribution in [0.1, 0.15) is 43.1 Å². The van der Waals surface area contributed by atoms with Gasteiger partial charge >= 0.3 is 5.97 Å². The van der Waals surface area contributed by atoms with Crippen LogP contribution in [0.4, 0.5) is 5.69 Å². The Morgan fingerprint density at radius 2 is 2.24 bits per heavy atom. The number of aryl methyl sites for hydroxylation is 1. The molecule has 1 aliphatic heterocycles. The summed E-state index contributed by atoms with van der Waals surface area (Å²) < 4.78 is 6.32. The van der Waals surface area contributed by atoms with Gasteiger partial charge in [-0.1, -0.05) is 0 Å². The number of hydrogen-bond donors (Lipinski definition) is 1. The summed E-state index contributed by atoms with van der Waals surface area (Å²) in [5.41, 5.74) is 6.67. The van der Waals surface area contributed by atoms with Gasteiger partial charge in [0.15, 0.2) is 0 Å². The number of esters is 1. The smallest absolute Gasteiger partial charge is 0.307 e. The predicted octanol–water partition coefficient (Wildman–Crippen LogP) is 1.04. The maximum Gasteiger partial charge on any atom is 0.307 e. The zero-order valence-electron chi connectivity index (χ0n) is 12.5. The summed E-state index contributed by atoms with van der Waals surface area (Å²) in [6.45, 7) is 3.12. The third-order valence-electron chi connectivity index (χ3n) is 3.89. The van der Waals surface area contributed by atoms with E-state index in [4.69, 9.17) is 10.5 Å². The van der Waals surface area contributed by atoms with Crippen molar-refractivity contribution in [1.29, 1.82) is 0 Å². The van der Waals surface area contributed by atoms with Crippen LogP contribution in [0.5, 0.6) is 0 Å². The Morgan fingerprint density at radius 3 is 2.90 bits per heavy atom. The average Bonchev–Trinajstić information content (AvgIpc) is 2.87. The molecule has 0 saturated carbocycles. The van der Waals surface area contributed by atoms with E-state index in [0.717, 1.165) is 19.3 Å². The average molecular weight is 294 g/mol. The molecular formula is C14H22N4O3. The number of rotatable bonds is 4. The second kappa shape index (κ2) is 6.60. The van der Waals surface area contributed by atoms with Crippen LogP contribution < -0.4 is 5.73 Å². The highest BCUT2D eigenvalue weighted by Gasteiger charge is 2.32. The number of piperidine rings is 1. The standard InChI is InChI=1S/C14H22N4O3/c1-3-18-13(11(15)9-16-18)14(20)17-7-5-4-6-10(17)8-12(19)21-2/h9-10H,3-8,15H2,1-2H3. The second-order valence-corrected chi connectivity index (χ2v) is 5.19. The van der Waals surface area contributed by atoms with E-state index >= 15 is 0 Å². The number of carbonyl (C=O) groups excluding carboxylic acids is 2. The number of ether oxygens (including phenoxy) is 1. The van der Waals surface area contributed by atoms with E-state index in [0.29, 0.717) is 24.5 Å². The zero-order valence-corrected chi connectivity index (χ0v) is 12.5. The summed E-state index contributed by atoms with van der Waals surface area (Å²) in [6.07, 6.45) is 4.47. The number of nitrogen functional groups attached to an aromatic ring is 1.